The van der Waals surface area contributed by atoms with Gasteiger partial charge in [0.1, 0.15) is 5.76 Å². The maximum atomic E-state index is 5.56. The highest BCUT2D eigenvalue weighted by Crippen LogP contribution is 2.22. The molecule has 108 valence electrons. The summed E-state index contributed by atoms with van der Waals surface area (Å²) in [5.74, 6) is 0.932. The van der Waals surface area contributed by atoms with Crippen molar-refractivity contribution in [2.45, 2.75) is 19.0 Å². The van der Waals surface area contributed by atoms with Gasteiger partial charge in [0.2, 0.25) is 0 Å². The second-order valence-corrected chi connectivity index (χ2v) is 4.83. The van der Waals surface area contributed by atoms with E-state index in [9.17, 15) is 0 Å². The van der Waals surface area contributed by atoms with Gasteiger partial charge >= 0.3 is 0 Å². The van der Waals surface area contributed by atoms with Crippen LogP contribution in [0.4, 0.5) is 0 Å². The number of nitrogens with one attached hydrogen (secondary N) is 1. The van der Waals surface area contributed by atoms with Gasteiger partial charge in [0.25, 0.3) is 0 Å². The van der Waals surface area contributed by atoms with Crippen molar-refractivity contribution in [1.82, 2.24) is 20.3 Å². The molecule has 2 aromatic heterocycles. The molecule has 1 unspecified atom stereocenters. The first-order chi connectivity index (χ1) is 10.4. The van der Waals surface area contributed by atoms with E-state index in [1.54, 1.807) is 12.5 Å². The number of hydrogen-bond donors (Lipinski definition) is 1. The lowest BCUT2D eigenvalue weighted by Crippen LogP contribution is -2.24. The maximum Gasteiger partial charge on any atom is 0.125 e. The second-order valence-electron chi connectivity index (χ2n) is 4.83. The Morgan fingerprint density at radius 1 is 1.14 bits per heavy atom. The highest BCUT2D eigenvalue weighted by atomic mass is 16.3. The van der Waals surface area contributed by atoms with E-state index in [0.717, 1.165) is 25.3 Å². The fraction of sp³-hybridized carbons (Fsp3) is 0.250. The highest BCUT2D eigenvalue weighted by Gasteiger charge is 2.15. The SMILES string of the molecule is c1ccc(C(NCCCn2ccnn2)c2ccco2)cc1. The van der Waals surface area contributed by atoms with Gasteiger partial charge in [-0.25, -0.2) is 0 Å². The highest BCUT2D eigenvalue weighted by molar-refractivity contribution is 5.26. The van der Waals surface area contributed by atoms with Gasteiger partial charge in [-0.05, 0) is 30.7 Å². The van der Waals surface area contributed by atoms with Gasteiger partial charge in [-0.15, -0.1) is 5.10 Å². The lowest BCUT2D eigenvalue weighted by atomic mass is 10.0. The summed E-state index contributed by atoms with van der Waals surface area (Å²) < 4.78 is 7.40. The lowest BCUT2D eigenvalue weighted by Gasteiger charge is -2.17. The number of aryl methyl sites for hydroxylation is 1. The molecule has 0 saturated carbocycles. The van der Waals surface area contributed by atoms with E-state index in [1.165, 1.54) is 5.56 Å². The minimum atomic E-state index is 0.0805. The molecule has 5 nitrogen and oxygen atoms in total. The van der Waals surface area contributed by atoms with Crippen LogP contribution in [0.2, 0.25) is 0 Å². The number of nitrogens with zero attached hydrogens (tertiary/aromatic N) is 3. The molecule has 0 aliphatic carbocycles. The van der Waals surface area contributed by atoms with Crippen molar-refractivity contribution in [3.63, 3.8) is 0 Å². The van der Waals surface area contributed by atoms with Gasteiger partial charge in [0.05, 0.1) is 18.5 Å². The van der Waals surface area contributed by atoms with Crippen LogP contribution in [0.15, 0.2) is 65.5 Å². The molecule has 1 aromatic carbocycles. The molecule has 0 fully saturated rings. The minimum Gasteiger partial charge on any atom is -0.467 e. The van der Waals surface area contributed by atoms with Gasteiger partial charge in [-0.2, -0.15) is 0 Å². The Hall–Kier alpha value is -2.40. The third-order valence-electron chi connectivity index (χ3n) is 3.34. The number of rotatable bonds is 7. The number of furan rings is 1. The van der Waals surface area contributed by atoms with E-state index in [1.807, 2.05) is 41.2 Å². The third-order valence-corrected chi connectivity index (χ3v) is 3.34. The standard InChI is InChI=1S/C16H18N4O/c1-2-6-14(7-3-1)16(15-8-4-13-21-15)17-9-5-11-20-12-10-18-19-20/h1-4,6-8,10,12-13,16-17H,5,9,11H2. The third kappa shape index (κ3) is 3.58. The van der Waals surface area contributed by atoms with Crippen LogP contribution in [-0.4, -0.2) is 21.5 Å². The van der Waals surface area contributed by atoms with Crippen LogP contribution in [0.5, 0.6) is 0 Å². The zero-order valence-corrected chi connectivity index (χ0v) is 11.7. The summed E-state index contributed by atoms with van der Waals surface area (Å²) in [4.78, 5) is 0. The quantitative estimate of drug-likeness (QED) is 0.677. The van der Waals surface area contributed by atoms with E-state index in [2.05, 4.69) is 27.8 Å². The first kappa shape index (κ1) is 13.6. The Balaban J connectivity index is 1.61. The Morgan fingerprint density at radius 2 is 2.05 bits per heavy atom. The summed E-state index contributed by atoms with van der Waals surface area (Å²) in [7, 11) is 0. The summed E-state index contributed by atoms with van der Waals surface area (Å²) in [6, 6.07) is 14.3. The van der Waals surface area contributed by atoms with Crippen molar-refractivity contribution in [1.29, 1.82) is 0 Å². The van der Waals surface area contributed by atoms with Crippen LogP contribution in [-0.2, 0) is 6.54 Å². The normalized spacial score (nSPS) is 12.4. The Labute approximate surface area is 123 Å². The first-order valence-corrected chi connectivity index (χ1v) is 7.09. The van der Waals surface area contributed by atoms with Gasteiger partial charge < -0.3 is 9.73 Å². The molecule has 0 aliphatic heterocycles. The average Bonchev–Trinajstić information content (AvgIpc) is 3.21. The summed E-state index contributed by atoms with van der Waals surface area (Å²) >= 11 is 0. The van der Waals surface area contributed by atoms with Crippen LogP contribution in [0, 0.1) is 0 Å². The topological polar surface area (TPSA) is 55.9 Å². The zero-order valence-electron chi connectivity index (χ0n) is 11.7. The van der Waals surface area contributed by atoms with Crippen LogP contribution < -0.4 is 5.32 Å². The number of aromatic nitrogens is 3. The smallest absolute Gasteiger partial charge is 0.125 e. The zero-order chi connectivity index (χ0) is 14.3. The first-order valence-electron chi connectivity index (χ1n) is 7.09. The summed E-state index contributed by atoms with van der Waals surface area (Å²) in [5.41, 5.74) is 1.20. The molecular formula is C16H18N4O. The summed E-state index contributed by atoms with van der Waals surface area (Å²) in [6.45, 7) is 1.73. The Kier molecular flexibility index (Phi) is 4.43. The van der Waals surface area contributed by atoms with Gasteiger partial charge in [0.15, 0.2) is 0 Å². The summed E-state index contributed by atoms with van der Waals surface area (Å²) in [5, 5.41) is 11.3. The van der Waals surface area contributed by atoms with Crippen LogP contribution in [0.1, 0.15) is 23.8 Å². The van der Waals surface area contributed by atoms with E-state index in [4.69, 9.17) is 4.42 Å². The van der Waals surface area contributed by atoms with Crippen LogP contribution >= 0.6 is 0 Å². The Morgan fingerprint density at radius 3 is 2.76 bits per heavy atom. The van der Waals surface area contributed by atoms with E-state index in [0.29, 0.717) is 0 Å². The molecule has 0 amide bonds. The molecule has 2 heterocycles. The van der Waals surface area contributed by atoms with Crippen molar-refractivity contribution in [3.8, 4) is 0 Å². The van der Waals surface area contributed by atoms with Crippen molar-refractivity contribution in [3.05, 3.63) is 72.4 Å². The van der Waals surface area contributed by atoms with E-state index in [-0.39, 0.29) is 6.04 Å². The predicted octanol–water partition coefficient (Wildman–Crippen LogP) is 2.64. The molecule has 1 N–H and O–H groups in total. The summed E-state index contributed by atoms with van der Waals surface area (Å²) in [6.07, 6.45) is 6.26. The van der Waals surface area contributed by atoms with E-state index >= 15 is 0 Å². The van der Waals surface area contributed by atoms with Crippen LogP contribution in [0.25, 0.3) is 0 Å². The van der Waals surface area contributed by atoms with E-state index < -0.39 is 0 Å². The molecule has 21 heavy (non-hydrogen) atoms. The fourth-order valence-electron chi connectivity index (χ4n) is 2.32. The van der Waals surface area contributed by atoms with Crippen molar-refractivity contribution >= 4 is 0 Å². The number of benzene rings is 1. The average molecular weight is 282 g/mol. The fourth-order valence-corrected chi connectivity index (χ4v) is 2.32. The molecule has 0 bridgehead atoms. The predicted molar refractivity (Wildman–Crippen MR) is 79.6 cm³/mol. The lowest BCUT2D eigenvalue weighted by molar-refractivity contribution is 0.435. The van der Waals surface area contributed by atoms with Crippen molar-refractivity contribution in [2.24, 2.45) is 0 Å². The molecule has 3 aromatic rings. The molecular weight excluding hydrogens is 264 g/mol. The van der Waals surface area contributed by atoms with Crippen molar-refractivity contribution < 1.29 is 4.42 Å². The van der Waals surface area contributed by atoms with Gasteiger partial charge in [-0.1, -0.05) is 35.5 Å². The maximum absolute atomic E-state index is 5.56. The molecule has 3 rings (SSSR count). The number of hydrogen-bond acceptors (Lipinski definition) is 4. The minimum absolute atomic E-state index is 0.0805. The van der Waals surface area contributed by atoms with Crippen molar-refractivity contribution in [2.75, 3.05) is 6.54 Å². The molecule has 0 aliphatic rings. The second kappa shape index (κ2) is 6.85. The largest absolute Gasteiger partial charge is 0.467 e. The van der Waals surface area contributed by atoms with Gasteiger partial charge in [0, 0.05) is 12.7 Å². The molecule has 0 spiro atoms. The molecule has 0 radical (unpaired) electrons. The van der Waals surface area contributed by atoms with Crippen LogP contribution in [0.3, 0.4) is 0 Å². The molecule has 0 saturated heterocycles. The Bertz CT molecular complexity index is 620. The monoisotopic (exact) mass is 282 g/mol. The van der Waals surface area contributed by atoms with Gasteiger partial charge in [-0.3, -0.25) is 4.68 Å². The molecule has 1 atom stereocenters. The molecule has 5 heteroatoms.